The van der Waals surface area contributed by atoms with Crippen molar-refractivity contribution in [2.24, 2.45) is 0 Å². The summed E-state index contributed by atoms with van der Waals surface area (Å²) in [6.07, 6.45) is 0. The lowest BCUT2D eigenvalue weighted by Gasteiger charge is -2.08. The lowest BCUT2D eigenvalue weighted by molar-refractivity contribution is 0.0486. The Balaban J connectivity index is 1.44. The molecule has 0 aliphatic heterocycles. The number of hydrogen-bond acceptors (Lipinski definition) is 4. The average Bonchev–Trinajstić information content (AvgIpc) is 2.70. The van der Waals surface area contributed by atoms with Crippen molar-refractivity contribution in [1.82, 2.24) is 10.6 Å². The summed E-state index contributed by atoms with van der Waals surface area (Å²) in [4.78, 5) is 23.7. The van der Waals surface area contributed by atoms with Crippen molar-refractivity contribution < 1.29 is 19.1 Å². The van der Waals surface area contributed by atoms with Gasteiger partial charge < -0.3 is 20.1 Å². The number of carbonyl (C=O) groups is 2. The highest BCUT2D eigenvalue weighted by Crippen LogP contribution is 2.09. The van der Waals surface area contributed by atoms with E-state index in [4.69, 9.17) is 32.7 Å². The predicted molar refractivity (Wildman–Crippen MR) is 109 cm³/mol. The molecule has 2 amide bonds. The molecule has 0 aliphatic carbocycles. The van der Waals surface area contributed by atoms with E-state index in [1.54, 1.807) is 48.5 Å². The molecular weight excluding hydrogens is 403 g/mol. The molecule has 2 N–H and O–H groups in total. The van der Waals surface area contributed by atoms with Gasteiger partial charge in [0.05, 0.1) is 26.4 Å². The summed E-state index contributed by atoms with van der Waals surface area (Å²) < 4.78 is 10.8. The number of ether oxygens (including phenoxy) is 2. The lowest BCUT2D eigenvalue weighted by atomic mass is 10.2. The zero-order chi connectivity index (χ0) is 20.2. The van der Waals surface area contributed by atoms with Crippen molar-refractivity contribution in [3.8, 4) is 0 Å². The Morgan fingerprint density at radius 1 is 0.643 bits per heavy atom. The summed E-state index contributed by atoms with van der Waals surface area (Å²) >= 11 is 11.6. The van der Waals surface area contributed by atoms with E-state index in [2.05, 4.69) is 10.6 Å². The molecule has 6 nitrogen and oxygen atoms in total. The molecule has 0 radical (unpaired) electrons. The van der Waals surface area contributed by atoms with Crippen LogP contribution < -0.4 is 10.6 Å². The maximum atomic E-state index is 11.9. The van der Waals surface area contributed by atoms with Crippen molar-refractivity contribution in [3.05, 3.63) is 69.7 Å². The second-order valence-corrected chi connectivity index (χ2v) is 6.62. The first-order chi connectivity index (χ1) is 13.6. The topological polar surface area (TPSA) is 76.7 Å². The van der Waals surface area contributed by atoms with Crippen molar-refractivity contribution >= 4 is 35.0 Å². The Morgan fingerprint density at radius 2 is 1.00 bits per heavy atom. The Bertz CT molecular complexity index is 686. The molecule has 2 rings (SSSR count). The maximum Gasteiger partial charge on any atom is 0.251 e. The van der Waals surface area contributed by atoms with Crippen LogP contribution in [0.15, 0.2) is 48.5 Å². The molecule has 2 aromatic rings. The molecule has 0 spiro atoms. The van der Waals surface area contributed by atoms with Crippen LogP contribution in [-0.2, 0) is 9.47 Å². The monoisotopic (exact) mass is 424 g/mol. The van der Waals surface area contributed by atoms with Gasteiger partial charge in [-0.15, -0.1) is 0 Å². The van der Waals surface area contributed by atoms with E-state index in [-0.39, 0.29) is 11.8 Å². The molecule has 28 heavy (non-hydrogen) atoms. The van der Waals surface area contributed by atoms with E-state index in [0.29, 0.717) is 60.7 Å². The van der Waals surface area contributed by atoms with Gasteiger partial charge >= 0.3 is 0 Å². The van der Waals surface area contributed by atoms with Gasteiger partial charge in [0.15, 0.2) is 0 Å². The van der Waals surface area contributed by atoms with Gasteiger partial charge in [-0.1, -0.05) is 23.2 Å². The first-order valence-corrected chi connectivity index (χ1v) is 9.55. The van der Waals surface area contributed by atoms with E-state index < -0.39 is 0 Å². The second-order valence-electron chi connectivity index (χ2n) is 5.75. The van der Waals surface area contributed by atoms with Crippen molar-refractivity contribution in [3.63, 3.8) is 0 Å². The smallest absolute Gasteiger partial charge is 0.251 e. The van der Waals surface area contributed by atoms with Crippen LogP contribution in [-0.4, -0.2) is 51.3 Å². The lowest BCUT2D eigenvalue weighted by Crippen LogP contribution is -2.28. The molecule has 150 valence electrons. The third kappa shape index (κ3) is 8.27. The molecule has 0 aliphatic rings. The summed E-state index contributed by atoms with van der Waals surface area (Å²) in [5.41, 5.74) is 1.10. The van der Waals surface area contributed by atoms with E-state index >= 15 is 0 Å². The molecule has 0 bridgehead atoms. The normalized spacial score (nSPS) is 10.5. The number of rotatable bonds is 11. The summed E-state index contributed by atoms with van der Waals surface area (Å²) in [6.45, 7) is 2.38. The van der Waals surface area contributed by atoms with Crippen LogP contribution >= 0.6 is 23.2 Å². The number of benzene rings is 2. The first kappa shape index (κ1) is 22.2. The van der Waals surface area contributed by atoms with E-state index in [1.165, 1.54) is 0 Å². The SMILES string of the molecule is O=C(NCCOCCOCCNC(=O)c1ccc(Cl)cc1)c1ccc(Cl)cc1. The Hall–Kier alpha value is -2.12. The molecule has 2 aromatic carbocycles. The average molecular weight is 425 g/mol. The van der Waals surface area contributed by atoms with Crippen molar-refractivity contribution in [2.75, 3.05) is 39.5 Å². The number of carbonyl (C=O) groups excluding carboxylic acids is 2. The van der Waals surface area contributed by atoms with Gasteiger partial charge in [-0.25, -0.2) is 0 Å². The van der Waals surface area contributed by atoms with Gasteiger partial charge in [0.25, 0.3) is 11.8 Å². The summed E-state index contributed by atoms with van der Waals surface area (Å²) in [5, 5.41) is 6.69. The summed E-state index contributed by atoms with van der Waals surface area (Å²) in [5.74, 6) is -0.346. The summed E-state index contributed by atoms with van der Waals surface area (Å²) in [6, 6.07) is 13.3. The van der Waals surface area contributed by atoms with Gasteiger partial charge in [-0.05, 0) is 48.5 Å². The van der Waals surface area contributed by atoms with E-state index in [0.717, 1.165) is 0 Å². The van der Waals surface area contributed by atoms with Crippen molar-refractivity contribution in [2.45, 2.75) is 0 Å². The fraction of sp³-hybridized carbons (Fsp3) is 0.300. The number of amides is 2. The first-order valence-electron chi connectivity index (χ1n) is 8.79. The highest BCUT2D eigenvalue weighted by atomic mass is 35.5. The fourth-order valence-corrected chi connectivity index (χ4v) is 2.45. The third-order valence-electron chi connectivity index (χ3n) is 3.65. The molecular formula is C20H22Cl2N2O4. The van der Waals surface area contributed by atoms with Crippen molar-refractivity contribution in [1.29, 1.82) is 0 Å². The Morgan fingerprint density at radius 3 is 1.36 bits per heavy atom. The Kier molecular flexibility index (Phi) is 9.79. The third-order valence-corrected chi connectivity index (χ3v) is 4.15. The minimum atomic E-state index is -0.173. The standard InChI is InChI=1S/C20H22Cl2N2O4/c21-17-5-1-15(2-6-17)19(25)23-9-11-27-13-14-28-12-10-24-20(26)16-3-7-18(22)8-4-16/h1-8H,9-14H2,(H,23,25)(H,24,26). The highest BCUT2D eigenvalue weighted by molar-refractivity contribution is 6.31. The molecule has 0 fully saturated rings. The van der Waals surface area contributed by atoms with Crippen LogP contribution in [0.2, 0.25) is 10.0 Å². The number of halogens is 2. The molecule has 0 atom stereocenters. The van der Waals surface area contributed by atoms with Crippen LogP contribution in [0.1, 0.15) is 20.7 Å². The van der Waals surface area contributed by atoms with Crippen LogP contribution in [0, 0.1) is 0 Å². The van der Waals surface area contributed by atoms with Gasteiger partial charge in [0.2, 0.25) is 0 Å². The van der Waals surface area contributed by atoms with Crippen LogP contribution in [0.3, 0.4) is 0 Å². The minimum Gasteiger partial charge on any atom is -0.377 e. The van der Waals surface area contributed by atoms with Crippen LogP contribution in [0.4, 0.5) is 0 Å². The molecule has 0 saturated heterocycles. The van der Waals surface area contributed by atoms with Gasteiger partial charge in [0.1, 0.15) is 0 Å². The van der Waals surface area contributed by atoms with Gasteiger partial charge in [-0.2, -0.15) is 0 Å². The van der Waals surface area contributed by atoms with Gasteiger partial charge in [-0.3, -0.25) is 9.59 Å². The van der Waals surface area contributed by atoms with E-state index in [9.17, 15) is 9.59 Å². The fourth-order valence-electron chi connectivity index (χ4n) is 2.20. The second kappa shape index (κ2) is 12.4. The number of hydrogen-bond donors (Lipinski definition) is 2. The molecule has 0 aromatic heterocycles. The maximum absolute atomic E-state index is 11.9. The Labute approximate surface area is 174 Å². The molecule has 0 unspecified atom stereocenters. The predicted octanol–water partition coefficient (Wildman–Crippen LogP) is 3.19. The quantitative estimate of drug-likeness (QED) is 0.543. The number of nitrogens with one attached hydrogen (secondary N) is 2. The van der Waals surface area contributed by atoms with E-state index in [1.807, 2.05) is 0 Å². The molecule has 0 heterocycles. The molecule has 8 heteroatoms. The molecule has 0 saturated carbocycles. The van der Waals surface area contributed by atoms with Crippen LogP contribution in [0.5, 0.6) is 0 Å². The summed E-state index contributed by atoms with van der Waals surface area (Å²) in [7, 11) is 0. The zero-order valence-corrected chi connectivity index (χ0v) is 16.8. The zero-order valence-electron chi connectivity index (χ0n) is 15.3. The minimum absolute atomic E-state index is 0.173. The van der Waals surface area contributed by atoms with Crippen LogP contribution in [0.25, 0.3) is 0 Å². The largest absolute Gasteiger partial charge is 0.377 e. The highest BCUT2D eigenvalue weighted by Gasteiger charge is 2.05. The van der Waals surface area contributed by atoms with Gasteiger partial charge in [0, 0.05) is 34.3 Å².